The number of nitrogens with one attached hydrogen (secondary N) is 1. The first-order chi connectivity index (χ1) is 9.79. The van der Waals surface area contributed by atoms with Gasteiger partial charge in [-0.05, 0) is 56.1 Å². The van der Waals surface area contributed by atoms with Gasteiger partial charge in [-0.2, -0.15) is 0 Å². The molecule has 110 valence electrons. The summed E-state index contributed by atoms with van der Waals surface area (Å²) in [7, 11) is 0. The van der Waals surface area contributed by atoms with Gasteiger partial charge >= 0.3 is 0 Å². The van der Waals surface area contributed by atoms with E-state index in [0.29, 0.717) is 14.6 Å². The molecule has 8 heteroatoms. The number of carbonyl (C=O) groups is 1. The van der Waals surface area contributed by atoms with Crippen LogP contribution < -0.4 is 5.32 Å². The molecule has 21 heavy (non-hydrogen) atoms. The minimum Gasteiger partial charge on any atom is -0.320 e. The van der Waals surface area contributed by atoms with Crippen LogP contribution in [0.15, 0.2) is 42.2 Å². The molecule has 0 spiro atoms. The van der Waals surface area contributed by atoms with Gasteiger partial charge in [0.1, 0.15) is 17.2 Å². The minimum atomic E-state index is -0.941. The molecule has 2 aromatic carbocycles. The van der Waals surface area contributed by atoms with E-state index in [1.807, 2.05) is 0 Å². The van der Waals surface area contributed by atoms with Crippen molar-refractivity contribution in [1.82, 2.24) is 0 Å². The van der Waals surface area contributed by atoms with Gasteiger partial charge in [-0.3, -0.25) is 4.79 Å². The second kappa shape index (κ2) is 6.85. The molecule has 0 aliphatic heterocycles. The summed E-state index contributed by atoms with van der Waals surface area (Å²) in [4.78, 5) is 12.1. The number of hydrogen-bond acceptors (Lipinski definition) is 1. The van der Waals surface area contributed by atoms with Gasteiger partial charge in [0.25, 0.3) is 5.91 Å². The summed E-state index contributed by atoms with van der Waals surface area (Å²) in [5.74, 6) is -2.76. The Labute approximate surface area is 152 Å². The highest BCUT2D eigenvalue weighted by atomic mass is 79.9. The fourth-order valence-electron chi connectivity index (χ4n) is 1.60. The number of halogens is 6. The summed E-state index contributed by atoms with van der Waals surface area (Å²) in [6, 6.07) is 5.47. The van der Waals surface area contributed by atoms with Crippen molar-refractivity contribution in [3.63, 3.8) is 0 Å². The molecule has 0 bridgehead atoms. The van der Waals surface area contributed by atoms with Crippen LogP contribution in [-0.2, 0) is 0 Å². The molecule has 0 atom stereocenters. The molecular formula is C13H5Br4F2NO. The number of carbonyl (C=O) groups excluding carboxylic acids is 1. The highest BCUT2D eigenvalue weighted by Gasteiger charge is 2.20. The summed E-state index contributed by atoms with van der Waals surface area (Å²) in [5, 5.41) is 2.47. The van der Waals surface area contributed by atoms with E-state index in [0.717, 1.165) is 16.6 Å². The van der Waals surface area contributed by atoms with Gasteiger partial charge in [0.2, 0.25) is 0 Å². The highest BCUT2D eigenvalue weighted by molar-refractivity contribution is 9.11. The maximum Gasteiger partial charge on any atom is 0.261 e. The lowest BCUT2D eigenvalue weighted by molar-refractivity contribution is 0.101. The SMILES string of the molecule is O=C(Nc1c(Br)cc(Br)cc1Br)c1c(F)cc(Br)cc1F. The van der Waals surface area contributed by atoms with Gasteiger partial charge < -0.3 is 5.32 Å². The van der Waals surface area contributed by atoms with Gasteiger partial charge in [0.15, 0.2) is 0 Å². The fourth-order valence-corrected chi connectivity index (χ4v) is 4.46. The summed E-state index contributed by atoms with van der Waals surface area (Å²) in [5.41, 5.74) is -0.259. The van der Waals surface area contributed by atoms with Crippen molar-refractivity contribution in [3.8, 4) is 0 Å². The molecule has 0 radical (unpaired) electrons. The first-order valence-electron chi connectivity index (χ1n) is 5.40. The third-order valence-electron chi connectivity index (χ3n) is 2.48. The summed E-state index contributed by atoms with van der Waals surface area (Å²) in [6.07, 6.45) is 0. The number of benzene rings is 2. The zero-order chi connectivity index (χ0) is 15.7. The number of rotatable bonds is 2. The molecule has 2 nitrogen and oxygen atoms in total. The molecule has 1 N–H and O–H groups in total. The van der Waals surface area contributed by atoms with Crippen LogP contribution in [0.3, 0.4) is 0 Å². The van der Waals surface area contributed by atoms with E-state index in [4.69, 9.17) is 0 Å². The first kappa shape index (κ1) is 17.1. The van der Waals surface area contributed by atoms with E-state index in [1.54, 1.807) is 12.1 Å². The summed E-state index contributed by atoms with van der Waals surface area (Å²) < 4.78 is 29.7. The van der Waals surface area contributed by atoms with E-state index in [1.165, 1.54) is 0 Å². The third kappa shape index (κ3) is 3.91. The number of amides is 1. The van der Waals surface area contributed by atoms with Crippen molar-refractivity contribution in [2.75, 3.05) is 5.32 Å². The van der Waals surface area contributed by atoms with Crippen molar-refractivity contribution < 1.29 is 13.6 Å². The zero-order valence-electron chi connectivity index (χ0n) is 9.99. The lowest BCUT2D eigenvalue weighted by Crippen LogP contribution is -2.16. The van der Waals surface area contributed by atoms with Crippen LogP contribution in [0.4, 0.5) is 14.5 Å². The Morgan fingerprint density at radius 1 is 0.857 bits per heavy atom. The van der Waals surface area contributed by atoms with Gasteiger partial charge in [0, 0.05) is 17.9 Å². The van der Waals surface area contributed by atoms with Crippen LogP contribution in [0, 0.1) is 11.6 Å². The van der Waals surface area contributed by atoms with E-state index >= 15 is 0 Å². The maximum atomic E-state index is 13.8. The Hall–Kier alpha value is -0.310. The molecule has 0 aromatic heterocycles. The van der Waals surface area contributed by atoms with Gasteiger partial charge in [0.05, 0.1) is 5.69 Å². The van der Waals surface area contributed by atoms with Crippen molar-refractivity contribution in [2.24, 2.45) is 0 Å². The quantitative estimate of drug-likeness (QED) is 0.471. The van der Waals surface area contributed by atoms with Crippen molar-refractivity contribution in [1.29, 1.82) is 0 Å². The van der Waals surface area contributed by atoms with Gasteiger partial charge in [-0.1, -0.05) is 31.9 Å². The van der Waals surface area contributed by atoms with Gasteiger partial charge in [-0.25, -0.2) is 8.78 Å². The molecule has 2 aromatic rings. The van der Waals surface area contributed by atoms with Crippen LogP contribution in [0.2, 0.25) is 0 Å². The Bertz CT molecular complexity index is 690. The van der Waals surface area contributed by atoms with Crippen LogP contribution in [0.5, 0.6) is 0 Å². The smallest absolute Gasteiger partial charge is 0.261 e. The highest BCUT2D eigenvalue weighted by Crippen LogP contribution is 2.35. The molecule has 0 aliphatic rings. The molecule has 0 unspecified atom stereocenters. The lowest BCUT2D eigenvalue weighted by Gasteiger charge is -2.11. The molecule has 0 heterocycles. The van der Waals surface area contributed by atoms with Crippen LogP contribution in [-0.4, -0.2) is 5.91 Å². The Morgan fingerprint density at radius 2 is 1.29 bits per heavy atom. The zero-order valence-corrected chi connectivity index (χ0v) is 16.3. The average Bonchev–Trinajstić information content (AvgIpc) is 2.32. The second-order valence-corrected chi connectivity index (χ2v) is 7.48. The Balaban J connectivity index is 2.40. The predicted octanol–water partition coefficient (Wildman–Crippen LogP) is 6.27. The van der Waals surface area contributed by atoms with Crippen LogP contribution >= 0.6 is 63.7 Å². The van der Waals surface area contributed by atoms with Crippen molar-refractivity contribution in [3.05, 3.63) is 59.4 Å². The van der Waals surface area contributed by atoms with Crippen LogP contribution in [0.1, 0.15) is 10.4 Å². The maximum absolute atomic E-state index is 13.8. The van der Waals surface area contributed by atoms with E-state index < -0.39 is 23.1 Å². The number of hydrogen-bond donors (Lipinski definition) is 1. The third-order valence-corrected chi connectivity index (χ3v) is 4.65. The second-order valence-electron chi connectivity index (χ2n) is 3.94. The monoisotopic (exact) mass is 545 g/mol. The van der Waals surface area contributed by atoms with Crippen molar-refractivity contribution in [2.45, 2.75) is 0 Å². The predicted molar refractivity (Wildman–Crippen MR) is 91.6 cm³/mol. The average molecular weight is 549 g/mol. The standard InChI is InChI=1S/C13H5Br4F2NO/c14-5-1-7(16)12(8(17)2-5)20-13(21)11-9(18)3-6(15)4-10(11)19/h1-4H,(H,20,21). The molecule has 0 saturated heterocycles. The van der Waals surface area contributed by atoms with Crippen LogP contribution in [0.25, 0.3) is 0 Å². The first-order valence-corrected chi connectivity index (χ1v) is 8.57. The lowest BCUT2D eigenvalue weighted by atomic mass is 10.2. The van der Waals surface area contributed by atoms with E-state index in [9.17, 15) is 13.6 Å². The normalized spacial score (nSPS) is 10.6. The van der Waals surface area contributed by atoms with Gasteiger partial charge in [-0.15, -0.1) is 0 Å². The summed E-state index contributed by atoms with van der Waals surface area (Å²) >= 11 is 12.8. The van der Waals surface area contributed by atoms with E-state index in [-0.39, 0.29) is 4.47 Å². The Kier molecular flexibility index (Phi) is 5.56. The molecule has 1 amide bonds. The largest absolute Gasteiger partial charge is 0.320 e. The fraction of sp³-hybridized carbons (Fsp3) is 0. The minimum absolute atomic E-state index is 0.222. The molecular weight excluding hydrogens is 544 g/mol. The number of anilines is 1. The molecule has 0 fully saturated rings. The van der Waals surface area contributed by atoms with Crippen molar-refractivity contribution >= 4 is 75.3 Å². The van der Waals surface area contributed by atoms with E-state index in [2.05, 4.69) is 69.0 Å². The molecule has 0 aliphatic carbocycles. The topological polar surface area (TPSA) is 29.1 Å². The summed E-state index contributed by atoms with van der Waals surface area (Å²) in [6.45, 7) is 0. The Morgan fingerprint density at radius 3 is 1.76 bits per heavy atom. The molecule has 2 rings (SSSR count). The molecule has 0 saturated carbocycles.